The Labute approximate surface area is 148 Å². The minimum Gasteiger partial charge on any atom is -0.309 e. The average Bonchev–Trinajstić information content (AvgIpc) is 3.01. The fraction of sp³-hybridized carbons (Fsp3) is 0.467. The molecule has 1 aliphatic heterocycles. The summed E-state index contributed by atoms with van der Waals surface area (Å²) in [5.74, 6) is 2.44. The summed E-state index contributed by atoms with van der Waals surface area (Å²) in [4.78, 5) is 0. The first-order valence-electron chi connectivity index (χ1n) is 7.39. The molecule has 2 aromatic rings. The summed E-state index contributed by atoms with van der Waals surface area (Å²) < 4.78 is 26.2. The Bertz CT molecular complexity index is 805. The number of sulfone groups is 1. The first-order chi connectivity index (χ1) is 10.9. The molecule has 0 saturated carbocycles. The Hall–Kier alpha value is -0.860. The van der Waals surface area contributed by atoms with Crippen LogP contribution in [0, 0.1) is 5.92 Å². The number of halogens is 1. The first kappa shape index (κ1) is 17.0. The molecule has 0 amide bonds. The van der Waals surface area contributed by atoms with Crippen molar-refractivity contribution in [3.63, 3.8) is 0 Å². The molecule has 1 unspecified atom stereocenters. The van der Waals surface area contributed by atoms with Crippen LogP contribution in [0.2, 0.25) is 0 Å². The number of aromatic nitrogens is 3. The van der Waals surface area contributed by atoms with Gasteiger partial charge in [0.15, 0.2) is 15.0 Å². The van der Waals surface area contributed by atoms with E-state index in [1.807, 2.05) is 23.7 Å². The fourth-order valence-electron chi connectivity index (χ4n) is 2.71. The van der Waals surface area contributed by atoms with E-state index in [0.717, 1.165) is 27.6 Å². The van der Waals surface area contributed by atoms with E-state index in [4.69, 9.17) is 0 Å². The Morgan fingerprint density at radius 1 is 1.39 bits per heavy atom. The van der Waals surface area contributed by atoms with Crippen LogP contribution < -0.4 is 0 Å². The highest BCUT2D eigenvalue weighted by molar-refractivity contribution is 9.10. The summed E-state index contributed by atoms with van der Waals surface area (Å²) in [6, 6.07) is 8.19. The average molecular weight is 416 g/mol. The molecule has 0 aliphatic carbocycles. The van der Waals surface area contributed by atoms with E-state index in [-0.39, 0.29) is 11.7 Å². The van der Waals surface area contributed by atoms with Gasteiger partial charge in [-0.1, -0.05) is 39.8 Å². The number of rotatable bonds is 5. The van der Waals surface area contributed by atoms with Crippen molar-refractivity contribution in [2.75, 3.05) is 11.5 Å². The smallest absolute Gasteiger partial charge is 0.191 e. The molecule has 1 aromatic carbocycles. The van der Waals surface area contributed by atoms with Crippen LogP contribution in [-0.2, 0) is 29.1 Å². The molecule has 1 saturated heterocycles. The van der Waals surface area contributed by atoms with E-state index < -0.39 is 9.84 Å². The minimum atomic E-state index is -2.84. The van der Waals surface area contributed by atoms with Crippen molar-refractivity contribution in [1.29, 1.82) is 0 Å². The topological polar surface area (TPSA) is 64.8 Å². The maximum Gasteiger partial charge on any atom is 0.191 e. The zero-order valence-corrected chi connectivity index (χ0v) is 16.0. The zero-order valence-electron chi connectivity index (χ0n) is 12.8. The largest absolute Gasteiger partial charge is 0.309 e. The Kier molecular flexibility index (Phi) is 5.13. The monoisotopic (exact) mass is 415 g/mol. The van der Waals surface area contributed by atoms with Crippen molar-refractivity contribution in [3.05, 3.63) is 40.1 Å². The molecule has 124 valence electrons. The number of hydrogen-bond acceptors (Lipinski definition) is 5. The van der Waals surface area contributed by atoms with Gasteiger partial charge in [-0.15, -0.1) is 10.2 Å². The lowest BCUT2D eigenvalue weighted by molar-refractivity contribution is 0.552. The van der Waals surface area contributed by atoms with Gasteiger partial charge in [-0.3, -0.25) is 0 Å². The van der Waals surface area contributed by atoms with E-state index in [2.05, 4.69) is 38.3 Å². The predicted molar refractivity (Wildman–Crippen MR) is 95.2 cm³/mol. The lowest BCUT2D eigenvalue weighted by Gasteiger charge is -2.07. The lowest BCUT2D eigenvalue weighted by atomic mass is 10.1. The van der Waals surface area contributed by atoms with Gasteiger partial charge in [-0.05, 0) is 30.0 Å². The fourth-order valence-corrected chi connectivity index (χ4v) is 5.90. The van der Waals surface area contributed by atoms with Crippen LogP contribution >= 0.6 is 27.7 Å². The molecule has 1 fully saturated rings. The van der Waals surface area contributed by atoms with E-state index in [9.17, 15) is 8.42 Å². The Balaban J connectivity index is 1.63. The summed E-state index contributed by atoms with van der Waals surface area (Å²) in [5.41, 5.74) is 1.22. The molecule has 8 heteroatoms. The minimum absolute atomic E-state index is 0.172. The van der Waals surface area contributed by atoms with Crippen molar-refractivity contribution in [3.8, 4) is 0 Å². The highest BCUT2D eigenvalue weighted by atomic mass is 79.9. The molecule has 0 spiro atoms. The molecule has 3 rings (SSSR count). The second kappa shape index (κ2) is 6.94. The first-order valence-corrected chi connectivity index (χ1v) is 11.0. The molecule has 5 nitrogen and oxygen atoms in total. The van der Waals surface area contributed by atoms with E-state index >= 15 is 0 Å². The SMILES string of the molecule is Cn1c(CC2CCS(=O)(=O)C2)nnc1SCc1cccc(Br)c1. The summed E-state index contributed by atoms with van der Waals surface area (Å²) in [5, 5.41) is 9.35. The van der Waals surface area contributed by atoms with E-state index in [1.54, 1.807) is 11.8 Å². The van der Waals surface area contributed by atoms with Crippen LogP contribution in [0.1, 0.15) is 17.8 Å². The third-order valence-corrected chi connectivity index (χ3v) is 7.40. The molecule has 0 bridgehead atoms. The second-order valence-electron chi connectivity index (χ2n) is 5.85. The van der Waals surface area contributed by atoms with Gasteiger partial charge in [0.25, 0.3) is 0 Å². The van der Waals surface area contributed by atoms with E-state index in [1.165, 1.54) is 5.56 Å². The highest BCUT2D eigenvalue weighted by Gasteiger charge is 2.29. The van der Waals surface area contributed by atoms with Gasteiger partial charge in [0, 0.05) is 23.7 Å². The number of hydrogen-bond donors (Lipinski definition) is 0. The zero-order chi connectivity index (χ0) is 16.4. The number of benzene rings is 1. The standard InChI is InChI=1S/C15H18BrN3O2S2/c1-19-14(8-12-5-6-23(20,21)10-12)17-18-15(19)22-9-11-3-2-4-13(16)7-11/h2-4,7,12H,5-6,8-10H2,1H3. The van der Waals surface area contributed by atoms with Crippen LogP contribution in [0.25, 0.3) is 0 Å². The van der Waals surface area contributed by atoms with Crippen molar-refractivity contribution in [2.24, 2.45) is 13.0 Å². The van der Waals surface area contributed by atoms with Gasteiger partial charge >= 0.3 is 0 Å². The molecule has 1 atom stereocenters. The third kappa shape index (κ3) is 4.36. The molecule has 1 aliphatic rings. The maximum absolute atomic E-state index is 11.6. The predicted octanol–water partition coefficient (Wildman–Crippen LogP) is 2.85. The van der Waals surface area contributed by atoms with E-state index in [0.29, 0.717) is 12.2 Å². The lowest BCUT2D eigenvalue weighted by Crippen LogP contribution is -2.11. The molecule has 0 radical (unpaired) electrons. The Morgan fingerprint density at radius 2 is 2.22 bits per heavy atom. The second-order valence-corrected chi connectivity index (χ2v) is 9.94. The molecule has 2 heterocycles. The molecule has 23 heavy (non-hydrogen) atoms. The van der Waals surface area contributed by atoms with Crippen molar-refractivity contribution < 1.29 is 8.42 Å². The van der Waals surface area contributed by atoms with Crippen molar-refractivity contribution in [1.82, 2.24) is 14.8 Å². The number of thioether (sulfide) groups is 1. The summed E-state index contributed by atoms with van der Waals surface area (Å²) in [6.07, 6.45) is 1.41. The summed E-state index contributed by atoms with van der Waals surface area (Å²) in [6.45, 7) is 0. The molecule has 0 N–H and O–H groups in total. The van der Waals surface area contributed by atoms with Crippen LogP contribution in [-0.4, -0.2) is 34.7 Å². The van der Waals surface area contributed by atoms with Gasteiger partial charge in [-0.2, -0.15) is 0 Å². The van der Waals surface area contributed by atoms with Gasteiger partial charge in [-0.25, -0.2) is 8.42 Å². The van der Waals surface area contributed by atoms with Crippen molar-refractivity contribution >= 4 is 37.5 Å². The van der Waals surface area contributed by atoms with Gasteiger partial charge in [0.05, 0.1) is 11.5 Å². The van der Waals surface area contributed by atoms with Crippen LogP contribution in [0.4, 0.5) is 0 Å². The summed E-state index contributed by atoms with van der Waals surface area (Å²) >= 11 is 5.11. The van der Waals surface area contributed by atoms with Crippen LogP contribution in [0.5, 0.6) is 0 Å². The van der Waals surface area contributed by atoms with Crippen LogP contribution in [0.15, 0.2) is 33.9 Å². The van der Waals surface area contributed by atoms with Gasteiger partial charge in [0.2, 0.25) is 0 Å². The third-order valence-electron chi connectivity index (χ3n) is 3.98. The summed E-state index contributed by atoms with van der Waals surface area (Å²) in [7, 11) is -0.893. The molecule has 1 aromatic heterocycles. The van der Waals surface area contributed by atoms with Gasteiger partial charge in [0.1, 0.15) is 5.82 Å². The quantitative estimate of drug-likeness (QED) is 0.702. The maximum atomic E-state index is 11.6. The van der Waals surface area contributed by atoms with Gasteiger partial charge < -0.3 is 4.57 Å². The Morgan fingerprint density at radius 3 is 2.91 bits per heavy atom. The normalized spacial score (nSPS) is 20.0. The molecular formula is C15H18BrN3O2S2. The number of nitrogens with zero attached hydrogens (tertiary/aromatic N) is 3. The van der Waals surface area contributed by atoms with Crippen LogP contribution in [0.3, 0.4) is 0 Å². The highest BCUT2D eigenvalue weighted by Crippen LogP contribution is 2.25. The van der Waals surface area contributed by atoms with Crippen molar-refractivity contribution in [2.45, 2.75) is 23.8 Å². The molecular weight excluding hydrogens is 398 g/mol.